The van der Waals surface area contributed by atoms with Crippen LogP contribution in [0.2, 0.25) is 0 Å². The van der Waals surface area contributed by atoms with Gasteiger partial charge >= 0.3 is 0 Å². The third kappa shape index (κ3) is 2.26. The summed E-state index contributed by atoms with van der Waals surface area (Å²) in [5.41, 5.74) is 1.33. The Labute approximate surface area is 112 Å². The molecule has 0 aliphatic carbocycles. The van der Waals surface area contributed by atoms with Gasteiger partial charge in [0.15, 0.2) is 0 Å². The molecule has 19 heavy (non-hydrogen) atoms. The highest BCUT2D eigenvalue weighted by Crippen LogP contribution is 2.17. The number of nitrogens with zero attached hydrogens (tertiary/aromatic N) is 3. The molecule has 0 aromatic carbocycles. The summed E-state index contributed by atoms with van der Waals surface area (Å²) in [6.45, 7) is 9.28. The lowest BCUT2D eigenvalue weighted by Gasteiger charge is -2.43. The van der Waals surface area contributed by atoms with Crippen LogP contribution in [0.15, 0.2) is 4.52 Å². The number of carbonyl (C=O) groups excluding carboxylic acids is 1. The van der Waals surface area contributed by atoms with Gasteiger partial charge in [0.2, 0.25) is 0 Å². The van der Waals surface area contributed by atoms with Crippen LogP contribution in [0.1, 0.15) is 21.8 Å². The molecular formula is C13H20N4O2. The van der Waals surface area contributed by atoms with Gasteiger partial charge in [0.25, 0.3) is 5.91 Å². The van der Waals surface area contributed by atoms with E-state index in [1.54, 1.807) is 6.92 Å². The van der Waals surface area contributed by atoms with E-state index in [-0.39, 0.29) is 5.91 Å². The molecule has 1 amide bonds. The van der Waals surface area contributed by atoms with Gasteiger partial charge < -0.3 is 14.7 Å². The van der Waals surface area contributed by atoms with Crippen molar-refractivity contribution < 1.29 is 9.32 Å². The first-order chi connectivity index (χ1) is 9.16. The molecule has 104 valence electrons. The summed E-state index contributed by atoms with van der Waals surface area (Å²) in [6.07, 6.45) is 0. The van der Waals surface area contributed by atoms with Crippen LogP contribution in [0.5, 0.6) is 0 Å². The van der Waals surface area contributed by atoms with Crippen LogP contribution in [0.25, 0.3) is 0 Å². The number of amides is 1. The number of hydrogen-bond donors (Lipinski definition) is 1. The topological polar surface area (TPSA) is 61.6 Å². The largest absolute Gasteiger partial charge is 0.361 e. The Morgan fingerprint density at radius 3 is 2.42 bits per heavy atom. The fraction of sp³-hybridized carbons (Fsp3) is 0.692. The number of rotatable bonds is 2. The minimum atomic E-state index is 0.0580. The molecule has 0 atom stereocenters. The molecule has 0 spiro atoms. The Morgan fingerprint density at radius 1 is 1.26 bits per heavy atom. The molecule has 2 aliphatic rings. The zero-order valence-corrected chi connectivity index (χ0v) is 11.5. The molecule has 2 fully saturated rings. The van der Waals surface area contributed by atoms with Crippen LogP contribution >= 0.6 is 0 Å². The Hall–Kier alpha value is -1.40. The van der Waals surface area contributed by atoms with Crippen LogP contribution in [0.4, 0.5) is 0 Å². The van der Waals surface area contributed by atoms with Gasteiger partial charge in [0.05, 0.1) is 5.69 Å². The number of hydrogen-bond acceptors (Lipinski definition) is 5. The van der Waals surface area contributed by atoms with Crippen LogP contribution in [-0.4, -0.2) is 66.2 Å². The van der Waals surface area contributed by atoms with E-state index in [4.69, 9.17) is 4.52 Å². The molecule has 0 radical (unpaired) electrons. The molecule has 3 rings (SSSR count). The molecule has 2 aliphatic heterocycles. The Kier molecular flexibility index (Phi) is 3.28. The van der Waals surface area contributed by atoms with E-state index in [9.17, 15) is 4.79 Å². The summed E-state index contributed by atoms with van der Waals surface area (Å²) < 4.78 is 5.08. The van der Waals surface area contributed by atoms with Crippen molar-refractivity contribution in [2.45, 2.75) is 19.9 Å². The van der Waals surface area contributed by atoms with Gasteiger partial charge in [0.1, 0.15) is 11.3 Å². The molecule has 2 saturated heterocycles. The van der Waals surface area contributed by atoms with Crippen LogP contribution in [0, 0.1) is 13.8 Å². The minimum absolute atomic E-state index is 0.0580. The standard InChI is InChI=1S/C13H20N4O2/c1-9-12(10(2)19-15-9)13(18)17-5-3-16(4-6-17)11-7-14-8-11/h11,14H,3-8H2,1-2H3. The first kappa shape index (κ1) is 12.6. The molecular weight excluding hydrogens is 244 g/mol. The smallest absolute Gasteiger partial charge is 0.259 e. The quantitative estimate of drug-likeness (QED) is 0.816. The van der Waals surface area contributed by atoms with Crippen molar-refractivity contribution in [2.75, 3.05) is 39.3 Å². The lowest BCUT2D eigenvalue weighted by atomic mass is 10.1. The molecule has 0 bridgehead atoms. The van der Waals surface area contributed by atoms with Crippen molar-refractivity contribution in [3.05, 3.63) is 17.0 Å². The maximum atomic E-state index is 12.5. The van der Waals surface area contributed by atoms with E-state index >= 15 is 0 Å². The highest BCUT2D eigenvalue weighted by atomic mass is 16.5. The molecule has 6 nitrogen and oxygen atoms in total. The summed E-state index contributed by atoms with van der Waals surface area (Å²) in [5, 5.41) is 7.14. The Bertz CT molecular complexity index is 453. The van der Waals surface area contributed by atoms with Gasteiger partial charge in [-0.3, -0.25) is 9.69 Å². The summed E-state index contributed by atoms with van der Waals surface area (Å²) >= 11 is 0. The fourth-order valence-corrected chi connectivity index (χ4v) is 2.77. The van der Waals surface area contributed by atoms with Crippen molar-refractivity contribution in [1.82, 2.24) is 20.3 Å². The fourth-order valence-electron chi connectivity index (χ4n) is 2.77. The molecule has 3 heterocycles. The number of piperazine rings is 1. The highest BCUT2D eigenvalue weighted by molar-refractivity contribution is 5.96. The minimum Gasteiger partial charge on any atom is -0.361 e. The zero-order valence-electron chi connectivity index (χ0n) is 11.5. The molecule has 1 aromatic heterocycles. The molecule has 0 unspecified atom stereocenters. The first-order valence-electron chi connectivity index (χ1n) is 6.83. The Morgan fingerprint density at radius 2 is 1.95 bits per heavy atom. The highest BCUT2D eigenvalue weighted by Gasteiger charge is 2.31. The molecule has 1 aromatic rings. The second-order valence-corrected chi connectivity index (χ2v) is 5.34. The summed E-state index contributed by atoms with van der Waals surface area (Å²) in [7, 11) is 0. The average Bonchev–Trinajstić information content (AvgIpc) is 2.67. The lowest BCUT2D eigenvalue weighted by molar-refractivity contribution is 0.0500. The number of nitrogens with one attached hydrogen (secondary N) is 1. The van der Waals surface area contributed by atoms with Crippen LogP contribution < -0.4 is 5.32 Å². The van der Waals surface area contributed by atoms with Crippen molar-refractivity contribution in [2.24, 2.45) is 0 Å². The van der Waals surface area contributed by atoms with Crippen LogP contribution in [-0.2, 0) is 0 Å². The van der Waals surface area contributed by atoms with Gasteiger partial charge in [-0.1, -0.05) is 5.16 Å². The molecule has 6 heteroatoms. The molecule has 1 N–H and O–H groups in total. The number of aromatic nitrogens is 1. The SMILES string of the molecule is Cc1noc(C)c1C(=O)N1CCN(C2CNC2)CC1. The van der Waals surface area contributed by atoms with Gasteiger partial charge in [0, 0.05) is 45.3 Å². The number of aryl methyl sites for hydroxylation is 2. The maximum absolute atomic E-state index is 12.5. The summed E-state index contributed by atoms with van der Waals surface area (Å²) in [5.74, 6) is 0.677. The number of carbonyl (C=O) groups is 1. The van der Waals surface area contributed by atoms with Gasteiger partial charge in [-0.2, -0.15) is 0 Å². The van der Waals surface area contributed by atoms with E-state index in [0.717, 1.165) is 39.3 Å². The van der Waals surface area contributed by atoms with Crippen molar-refractivity contribution in [1.29, 1.82) is 0 Å². The second kappa shape index (κ2) is 4.94. The van der Waals surface area contributed by atoms with Crippen molar-refractivity contribution in [3.8, 4) is 0 Å². The lowest BCUT2D eigenvalue weighted by Crippen LogP contribution is -2.62. The summed E-state index contributed by atoms with van der Waals surface area (Å²) in [4.78, 5) is 16.8. The van der Waals surface area contributed by atoms with E-state index in [2.05, 4.69) is 15.4 Å². The Balaban J connectivity index is 1.63. The van der Waals surface area contributed by atoms with Crippen LogP contribution in [0.3, 0.4) is 0 Å². The van der Waals surface area contributed by atoms with E-state index < -0.39 is 0 Å². The normalized spacial score (nSPS) is 21.5. The third-order valence-corrected chi connectivity index (χ3v) is 4.13. The average molecular weight is 264 g/mol. The predicted molar refractivity (Wildman–Crippen MR) is 70.1 cm³/mol. The summed E-state index contributed by atoms with van der Waals surface area (Å²) in [6, 6.07) is 0.663. The van der Waals surface area contributed by atoms with Gasteiger partial charge in [-0.15, -0.1) is 0 Å². The second-order valence-electron chi connectivity index (χ2n) is 5.34. The van der Waals surface area contributed by atoms with E-state index in [0.29, 0.717) is 23.1 Å². The monoisotopic (exact) mass is 264 g/mol. The predicted octanol–water partition coefficient (Wildman–Crippen LogP) is 0.0210. The molecule has 0 saturated carbocycles. The van der Waals surface area contributed by atoms with Crippen molar-refractivity contribution >= 4 is 5.91 Å². The third-order valence-electron chi connectivity index (χ3n) is 4.13. The van der Waals surface area contributed by atoms with E-state index in [1.807, 2.05) is 11.8 Å². The maximum Gasteiger partial charge on any atom is 0.259 e. The van der Waals surface area contributed by atoms with Crippen molar-refractivity contribution in [3.63, 3.8) is 0 Å². The van der Waals surface area contributed by atoms with E-state index in [1.165, 1.54) is 0 Å². The van der Waals surface area contributed by atoms with Gasteiger partial charge in [-0.05, 0) is 13.8 Å². The zero-order chi connectivity index (χ0) is 13.4. The van der Waals surface area contributed by atoms with Gasteiger partial charge in [-0.25, -0.2) is 0 Å². The first-order valence-corrected chi connectivity index (χ1v) is 6.83.